The van der Waals surface area contributed by atoms with E-state index < -0.39 is 0 Å². The van der Waals surface area contributed by atoms with Crippen molar-refractivity contribution in [2.75, 3.05) is 6.54 Å². The minimum absolute atomic E-state index is 0.243. The highest BCUT2D eigenvalue weighted by Crippen LogP contribution is 2.31. The first kappa shape index (κ1) is 14.1. The average molecular weight is 259 g/mol. The van der Waals surface area contributed by atoms with Crippen molar-refractivity contribution in [3.63, 3.8) is 0 Å². The molecule has 0 N–H and O–H groups in total. The highest BCUT2D eigenvalue weighted by molar-refractivity contribution is 5.82. The van der Waals surface area contributed by atoms with Crippen LogP contribution in [0.5, 0.6) is 0 Å². The number of allylic oxidation sites excluding steroid dienone is 3. The van der Waals surface area contributed by atoms with Crippen LogP contribution in [0.3, 0.4) is 0 Å². The average Bonchev–Trinajstić information content (AvgIpc) is 3.20. The van der Waals surface area contributed by atoms with E-state index in [4.69, 9.17) is 0 Å². The standard InChI is InChI=1S/C17H25NO/c1-4-18(17(19)16-9-10-16)11-5-6-15-8-7-13(2)12-14(15)3/h4-7,14-16H,1,8-12H2,2-3H3/b6-5-. The molecule has 2 atom stereocenters. The molecule has 0 aromatic rings. The fourth-order valence-corrected chi connectivity index (χ4v) is 2.75. The maximum Gasteiger partial charge on any atom is 0.229 e. The van der Waals surface area contributed by atoms with Crippen LogP contribution in [-0.4, -0.2) is 17.4 Å². The summed E-state index contributed by atoms with van der Waals surface area (Å²) < 4.78 is 0. The molecule has 0 radical (unpaired) electrons. The van der Waals surface area contributed by atoms with Crippen LogP contribution in [0.4, 0.5) is 0 Å². The molecule has 1 saturated carbocycles. The van der Waals surface area contributed by atoms with Crippen LogP contribution >= 0.6 is 0 Å². The molecule has 0 saturated heterocycles. The van der Waals surface area contributed by atoms with Crippen molar-refractivity contribution in [2.24, 2.45) is 17.8 Å². The van der Waals surface area contributed by atoms with Crippen LogP contribution in [0, 0.1) is 17.8 Å². The molecule has 0 spiro atoms. The van der Waals surface area contributed by atoms with Gasteiger partial charge in [0.05, 0.1) is 0 Å². The maximum absolute atomic E-state index is 11.9. The van der Waals surface area contributed by atoms with E-state index in [-0.39, 0.29) is 11.8 Å². The van der Waals surface area contributed by atoms with Crippen molar-refractivity contribution in [1.82, 2.24) is 4.90 Å². The number of hydrogen-bond donors (Lipinski definition) is 0. The maximum atomic E-state index is 11.9. The molecule has 2 heteroatoms. The summed E-state index contributed by atoms with van der Waals surface area (Å²) in [5.41, 5.74) is 1.51. The number of carbonyl (C=O) groups excluding carboxylic acids is 1. The molecular weight excluding hydrogens is 234 g/mol. The zero-order valence-electron chi connectivity index (χ0n) is 12.1. The summed E-state index contributed by atoms with van der Waals surface area (Å²) in [6.45, 7) is 8.94. The molecule has 104 valence electrons. The minimum Gasteiger partial charge on any atom is -0.316 e. The largest absolute Gasteiger partial charge is 0.316 e. The van der Waals surface area contributed by atoms with E-state index >= 15 is 0 Å². The van der Waals surface area contributed by atoms with Crippen LogP contribution < -0.4 is 0 Å². The summed E-state index contributed by atoms with van der Waals surface area (Å²) in [5.74, 6) is 1.83. The molecule has 19 heavy (non-hydrogen) atoms. The first-order chi connectivity index (χ1) is 9.11. The van der Waals surface area contributed by atoms with Gasteiger partial charge < -0.3 is 4.90 Å². The number of rotatable bonds is 5. The number of amides is 1. The Labute approximate surface area is 116 Å². The molecule has 0 heterocycles. The van der Waals surface area contributed by atoms with Gasteiger partial charge in [-0.3, -0.25) is 4.79 Å². The lowest BCUT2D eigenvalue weighted by atomic mass is 9.81. The first-order valence-corrected chi connectivity index (χ1v) is 7.37. The van der Waals surface area contributed by atoms with Gasteiger partial charge >= 0.3 is 0 Å². The molecule has 2 rings (SSSR count). The minimum atomic E-state index is 0.243. The Morgan fingerprint density at radius 1 is 1.53 bits per heavy atom. The highest BCUT2D eigenvalue weighted by atomic mass is 16.2. The highest BCUT2D eigenvalue weighted by Gasteiger charge is 2.32. The van der Waals surface area contributed by atoms with Crippen molar-refractivity contribution in [3.05, 3.63) is 36.6 Å². The topological polar surface area (TPSA) is 20.3 Å². The molecule has 2 nitrogen and oxygen atoms in total. The molecule has 0 aliphatic heterocycles. The normalized spacial score (nSPS) is 27.2. The van der Waals surface area contributed by atoms with Gasteiger partial charge in [-0.15, -0.1) is 0 Å². The lowest BCUT2D eigenvalue weighted by molar-refractivity contribution is -0.129. The first-order valence-electron chi connectivity index (χ1n) is 7.37. The van der Waals surface area contributed by atoms with Gasteiger partial charge in [0, 0.05) is 12.5 Å². The van der Waals surface area contributed by atoms with Gasteiger partial charge in [0.15, 0.2) is 0 Å². The summed E-state index contributed by atoms with van der Waals surface area (Å²) in [4.78, 5) is 13.7. The van der Waals surface area contributed by atoms with Gasteiger partial charge in [-0.1, -0.05) is 37.3 Å². The SMILES string of the molecule is C=CN(C/C=C\C1CC=C(C)CC1C)C(=O)C1CC1. The van der Waals surface area contributed by atoms with Crippen LogP contribution in [-0.2, 0) is 4.79 Å². The van der Waals surface area contributed by atoms with Gasteiger partial charge in [0.25, 0.3) is 0 Å². The molecular formula is C17H25NO. The predicted molar refractivity (Wildman–Crippen MR) is 79.4 cm³/mol. The van der Waals surface area contributed by atoms with E-state index in [1.54, 1.807) is 11.1 Å². The second-order valence-electron chi connectivity index (χ2n) is 6.01. The Morgan fingerprint density at radius 3 is 2.84 bits per heavy atom. The van der Waals surface area contributed by atoms with E-state index in [1.807, 2.05) is 0 Å². The fourth-order valence-electron chi connectivity index (χ4n) is 2.75. The van der Waals surface area contributed by atoms with Gasteiger partial charge in [-0.25, -0.2) is 0 Å². The smallest absolute Gasteiger partial charge is 0.229 e. The van der Waals surface area contributed by atoms with Gasteiger partial charge in [0.2, 0.25) is 5.91 Å². The Morgan fingerprint density at radius 2 is 2.26 bits per heavy atom. The number of hydrogen-bond acceptors (Lipinski definition) is 1. The summed E-state index contributed by atoms with van der Waals surface area (Å²) in [6.07, 6.45) is 12.9. The number of nitrogens with zero attached hydrogens (tertiary/aromatic N) is 1. The predicted octanol–water partition coefficient (Wildman–Crippen LogP) is 3.92. The third-order valence-electron chi connectivity index (χ3n) is 4.23. The van der Waals surface area contributed by atoms with E-state index in [9.17, 15) is 4.79 Å². The Hall–Kier alpha value is -1.31. The monoisotopic (exact) mass is 259 g/mol. The molecule has 2 unspecified atom stereocenters. The molecule has 1 fully saturated rings. The quantitative estimate of drug-likeness (QED) is 0.685. The summed E-state index contributed by atoms with van der Waals surface area (Å²) in [6, 6.07) is 0. The van der Waals surface area contributed by atoms with Crippen LogP contribution in [0.15, 0.2) is 36.6 Å². The second-order valence-corrected chi connectivity index (χ2v) is 6.01. The molecule has 0 aromatic carbocycles. The molecule has 2 aliphatic carbocycles. The molecule has 1 amide bonds. The van der Waals surface area contributed by atoms with Gasteiger partial charge in [-0.05, 0) is 50.6 Å². The van der Waals surface area contributed by atoms with Crippen molar-refractivity contribution in [1.29, 1.82) is 0 Å². The fraction of sp³-hybridized carbons (Fsp3) is 0.588. The van der Waals surface area contributed by atoms with E-state index in [0.717, 1.165) is 19.3 Å². The van der Waals surface area contributed by atoms with Crippen LogP contribution in [0.1, 0.15) is 39.5 Å². The van der Waals surface area contributed by atoms with Crippen molar-refractivity contribution in [3.8, 4) is 0 Å². The lowest BCUT2D eigenvalue weighted by Gasteiger charge is -2.25. The van der Waals surface area contributed by atoms with Crippen molar-refractivity contribution in [2.45, 2.75) is 39.5 Å². The Balaban J connectivity index is 1.84. The molecule has 0 aromatic heterocycles. The summed E-state index contributed by atoms with van der Waals surface area (Å²) in [7, 11) is 0. The summed E-state index contributed by atoms with van der Waals surface area (Å²) in [5, 5.41) is 0. The zero-order valence-corrected chi connectivity index (χ0v) is 12.1. The van der Waals surface area contributed by atoms with Crippen molar-refractivity contribution >= 4 is 5.91 Å². The second kappa shape index (κ2) is 6.23. The Bertz CT molecular complexity index is 403. The Kier molecular flexibility index (Phi) is 4.62. The molecule has 0 bridgehead atoms. The zero-order chi connectivity index (χ0) is 13.8. The third-order valence-corrected chi connectivity index (χ3v) is 4.23. The third kappa shape index (κ3) is 3.82. The lowest BCUT2D eigenvalue weighted by Crippen LogP contribution is -2.27. The molecule has 2 aliphatic rings. The van der Waals surface area contributed by atoms with Gasteiger partial charge in [0.1, 0.15) is 0 Å². The van der Waals surface area contributed by atoms with Gasteiger partial charge in [-0.2, -0.15) is 0 Å². The number of carbonyl (C=O) groups is 1. The van der Waals surface area contributed by atoms with Crippen LogP contribution in [0.25, 0.3) is 0 Å². The van der Waals surface area contributed by atoms with Crippen molar-refractivity contribution < 1.29 is 4.79 Å². The van der Waals surface area contributed by atoms with E-state index in [2.05, 4.69) is 38.7 Å². The van der Waals surface area contributed by atoms with E-state index in [1.165, 1.54) is 12.0 Å². The van der Waals surface area contributed by atoms with Crippen LogP contribution in [0.2, 0.25) is 0 Å². The van der Waals surface area contributed by atoms with E-state index in [0.29, 0.717) is 18.4 Å². The summed E-state index contributed by atoms with van der Waals surface area (Å²) >= 11 is 0.